The number of fused-ring (bicyclic) bond motifs is 1. The van der Waals surface area contributed by atoms with Crippen molar-refractivity contribution in [2.75, 3.05) is 24.2 Å². The maximum absolute atomic E-state index is 12.7. The van der Waals surface area contributed by atoms with Crippen LogP contribution in [0, 0.1) is 0 Å². The van der Waals surface area contributed by atoms with Gasteiger partial charge < -0.3 is 4.90 Å². The van der Waals surface area contributed by atoms with E-state index in [4.69, 9.17) is 0 Å². The first-order chi connectivity index (χ1) is 11.6. The quantitative estimate of drug-likeness (QED) is 0.767. The van der Waals surface area contributed by atoms with Gasteiger partial charge in [-0.15, -0.1) is 11.3 Å². The van der Waals surface area contributed by atoms with Gasteiger partial charge in [-0.2, -0.15) is 0 Å². The Hall–Kier alpha value is -1.86. The number of carbonyl (C=O) groups excluding carboxylic acids is 2. The van der Waals surface area contributed by atoms with Gasteiger partial charge >= 0.3 is 0 Å². The second kappa shape index (κ2) is 7.36. The van der Waals surface area contributed by atoms with Crippen molar-refractivity contribution in [3.8, 4) is 0 Å². The summed E-state index contributed by atoms with van der Waals surface area (Å²) in [6, 6.07) is 9.78. The van der Waals surface area contributed by atoms with Gasteiger partial charge in [-0.1, -0.05) is 49.0 Å². The van der Waals surface area contributed by atoms with E-state index in [2.05, 4.69) is 11.9 Å². The van der Waals surface area contributed by atoms with Crippen LogP contribution in [0.3, 0.4) is 0 Å². The SMILES string of the molecule is CCCSc1nc2c(s1)C(=O)N(C)CC(=O)N2Cc1ccccc1. The molecule has 1 aliphatic rings. The van der Waals surface area contributed by atoms with Gasteiger partial charge in [0, 0.05) is 12.8 Å². The minimum Gasteiger partial charge on any atom is -0.332 e. The van der Waals surface area contributed by atoms with Gasteiger partial charge in [0.2, 0.25) is 5.91 Å². The monoisotopic (exact) mass is 361 g/mol. The summed E-state index contributed by atoms with van der Waals surface area (Å²) >= 11 is 3.02. The van der Waals surface area contributed by atoms with Crippen LogP contribution in [0.4, 0.5) is 5.82 Å². The van der Waals surface area contributed by atoms with Crippen LogP contribution in [0.15, 0.2) is 34.7 Å². The van der Waals surface area contributed by atoms with Crippen molar-refractivity contribution >= 4 is 40.7 Å². The molecule has 3 rings (SSSR count). The van der Waals surface area contributed by atoms with E-state index in [0.29, 0.717) is 17.2 Å². The maximum atomic E-state index is 12.7. The van der Waals surface area contributed by atoms with Crippen LogP contribution in [0.2, 0.25) is 0 Å². The zero-order valence-electron chi connectivity index (χ0n) is 13.7. The van der Waals surface area contributed by atoms with E-state index in [9.17, 15) is 9.59 Å². The lowest BCUT2D eigenvalue weighted by Gasteiger charge is -2.20. The Balaban J connectivity index is 1.98. The standard InChI is InChI=1S/C17H19N3O2S2/c1-3-9-23-17-18-15-14(24-17)16(22)19(2)11-13(21)20(15)10-12-7-5-4-6-8-12/h4-8H,3,9-11H2,1-2H3. The smallest absolute Gasteiger partial charge is 0.268 e. The van der Waals surface area contributed by atoms with Gasteiger partial charge in [-0.25, -0.2) is 4.98 Å². The molecule has 1 aromatic heterocycles. The number of thiazole rings is 1. The Morgan fingerprint density at radius 3 is 2.71 bits per heavy atom. The van der Waals surface area contributed by atoms with E-state index in [1.807, 2.05) is 30.3 Å². The third kappa shape index (κ3) is 3.47. The molecule has 7 heteroatoms. The molecule has 1 aliphatic heterocycles. The topological polar surface area (TPSA) is 53.5 Å². The molecule has 0 N–H and O–H groups in total. The van der Waals surface area contributed by atoms with E-state index in [1.165, 1.54) is 16.2 Å². The summed E-state index contributed by atoms with van der Waals surface area (Å²) in [6.45, 7) is 2.61. The van der Waals surface area contributed by atoms with Gasteiger partial charge in [-0.3, -0.25) is 14.5 Å². The molecule has 5 nitrogen and oxygen atoms in total. The van der Waals surface area contributed by atoms with Gasteiger partial charge in [0.05, 0.1) is 6.54 Å². The first kappa shape index (κ1) is 17.0. The number of anilines is 1. The molecule has 24 heavy (non-hydrogen) atoms. The van der Waals surface area contributed by atoms with Crippen LogP contribution in [-0.4, -0.2) is 41.0 Å². The number of nitrogens with zero attached hydrogens (tertiary/aromatic N) is 3. The molecule has 0 aliphatic carbocycles. The summed E-state index contributed by atoms with van der Waals surface area (Å²) in [4.78, 5) is 33.5. The summed E-state index contributed by atoms with van der Waals surface area (Å²) in [6.07, 6.45) is 1.04. The van der Waals surface area contributed by atoms with E-state index in [-0.39, 0.29) is 18.4 Å². The molecule has 0 bridgehead atoms. The van der Waals surface area contributed by atoms with E-state index in [0.717, 1.165) is 22.1 Å². The highest BCUT2D eigenvalue weighted by atomic mass is 32.2. The van der Waals surface area contributed by atoms with Crippen molar-refractivity contribution in [3.63, 3.8) is 0 Å². The van der Waals surface area contributed by atoms with Crippen molar-refractivity contribution in [2.45, 2.75) is 24.2 Å². The van der Waals surface area contributed by atoms with E-state index in [1.54, 1.807) is 23.7 Å². The average molecular weight is 361 g/mol. The van der Waals surface area contributed by atoms with Crippen LogP contribution in [0.1, 0.15) is 28.6 Å². The highest BCUT2D eigenvalue weighted by Gasteiger charge is 2.33. The van der Waals surface area contributed by atoms with Crippen LogP contribution in [-0.2, 0) is 11.3 Å². The number of aromatic nitrogens is 1. The average Bonchev–Trinajstić information content (AvgIpc) is 2.98. The predicted molar refractivity (Wildman–Crippen MR) is 97.7 cm³/mol. The molecule has 126 valence electrons. The van der Waals surface area contributed by atoms with Crippen molar-refractivity contribution in [1.82, 2.24) is 9.88 Å². The summed E-state index contributed by atoms with van der Waals surface area (Å²) in [7, 11) is 1.66. The Morgan fingerprint density at radius 1 is 1.25 bits per heavy atom. The second-order valence-electron chi connectivity index (χ2n) is 5.61. The number of likely N-dealkylation sites (N-methyl/N-ethyl adjacent to an activating group) is 1. The van der Waals surface area contributed by atoms with Crippen molar-refractivity contribution in [3.05, 3.63) is 40.8 Å². The van der Waals surface area contributed by atoms with Crippen LogP contribution in [0.25, 0.3) is 0 Å². The highest BCUT2D eigenvalue weighted by Crippen LogP contribution is 2.35. The Kier molecular flexibility index (Phi) is 5.20. The van der Waals surface area contributed by atoms with E-state index < -0.39 is 0 Å². The number of hydrogen-bond donors (Lipinski definition) is 0. The van der Waals surface area contributed by atoms with Crippen LogP contribution >= 0.6 is 23.1 Å². The molecule has 0 atom stereocenters. The highest BCUT2D eigenvalue weighted by molar-refractivity contribution is 8.01. The third-order valence-electron chi connectivity index (χ3n) is 3.67. The van der Waals surface area contributed by atoms with Gasteiger partial charge in [0.25, 0.3) is 5.91 Å². The number of benzene rings is 1. The number of thioether (sulfide) groups is 1. The van der Waals surface area contributed by atoms with Crippen molar-refractivity contribution < 1.29 is 9.59 Å². The largest absolute Gasteiger partial charge is 0.332 e. The first-order valence-electron chi connectivity index (χ1n) is 7.83. The normalized spacial score (nSPS) is 14.8. The minimum atomic E-state index is -0.130. The fourth-order valence-electron chi connectivity index (χ4n) is 2.45. The molecule has 2 amide bonds. The molecule has 0 unspecified atom stereocenters. The minimum absolute atomic E-state index is 0.0756. The fraction of sp³-hybridized carbons (Fsp3) is 0.353. The summed E-state index contributed by atoms with van der Waals surface area (Å²) in [5, 5.41) is 0. The lowest BCUT2D eigenvalue weighted by Crippen LogP contribution is -2.37. The molecule has 2 aromatic rings. The predicted octanol–water partition coefficient (Wildman–Crippen LogP) is 3.26. The molecule has 1 aromatic carbocycles. The maximum Gasteiger partial charge on any atom is 0.268 e. The summed E-state index contributed by atoms with van der Waals surface area (Å²) < 4.78 is 0.844. The first-order valence-corrected chi connectivity index (χ1v) is 9.63. The number of carbonyl (C=O) groups is 2. The Labute approximate surface area is 149 Å². The third-order valence-corrected chi connectivity index (χ3v) is 6.05. The van der Waals surface area contributed by atoms with Crippen molar-refractivity contribution in [1.29, 1.82) is 0 Å². The number of rotatable bonds is 5. The number of hydrogen-bond acceptors (Lipinski definition) is 5. The summed E-state index contributed by atoms with van der Waals surface area (Å²) in [5.74, 6) is 1.21. The molecule has 0 saturated heterocycles. The molecule has 0 radical (unpaired) electrons. The van der Waals surface area contributed by atoms with Gasteiger partial charge in [0.1, 0.15) is 11.4 Å². The lowest BCUT2D eigenvalue weighted by molar-refractivity contribution is -0.119. The molecule has 0 spiro atoms. The van der Waals surface area contributed by atoms with Gasteiger partial charge in [-0.05, 0) is 12.0 Å². The molecular weight excluding hydrogens is 342 g/mol. The summed E-state index contributed by atoms with van der Waals surface area (Å²) in [5.41, 5.74) is 1.02. The van der Waals surface area contributed by atoms with Crippen LogP contribution in [0.5, 0.6) is 0 Å². The van der Waals surface area contributed by atoms with Gasteiger partial charge in [0.15, 0.2) is 10.2 Å². The zero-order chi connectivity index (χ0) is 17.1. The van der Waals surface area contributed by atoms with Crippen LogP contribution < -0.4 is 4.90 Å². The molecule has 2 heterocycles. The fourth-order valence-corrected chi connectivity index (χ4v) is 4.51. The molecule has 0 saturated carbocycles. The zero-order valence-corrected chi connectivity index (χ0v) is 15.3. The molecular formula is C17H19N3O2S2. The number of amides is 2. The molecule has 0 fully saturated rings. The second-order valence-corrected chi connectivity index (χ2v) is 7.95. The Bertz CT molecular complexity index is 746. The van der Waals surface area contributed by atoms with Crippen molar-refractivity contribution in [2.24, 2.45) is 0 Å². The van der Waals surface area contributed by atoms with E-state index >= 15 is 0 Å². The lowest BCUT2D eigenvalue weighted by atomic mass is 10.2. The Morgan fingerprint density at radius 2 is 2.00 bits per heavy atom.